The summed E-state index contributed by atoms with van der Waals surface area (Å²) in [6.45, 7) is 4.55. The predicted molar refractivity (Wildman–Crippen MR) is 90.7 cm³/mol. The Hall–Kier alpha value is -2.07. The summed E-state index contributed by atoms with van der Waals surface area (Å²) in [7, 11) is 0. The summed E-state index contributed by atoms with van der Waals surface area (Å²) in [5.74, 6) is -0.712. The van der Waals surface area contributed by atoms with Crippen molar-refractivity contribution in [1.29, 1.82) is 0 Å². The first-order valence-electron chi connectivity index (χ1n) is 7.62. The highest BCUT2D eigenvalue weighted by Gasteiger charge is 2.24. The molecule has 5 heteroatoms. The van der Waals surface area contributed by atoms with E-state index in [0.29, 0.717) is 26.2 Å². The van der Waals surface area contributed by atoms with Crippen molar-refractivity contribution in [2.45, 2.75) is 6.92 Å². The second-order valence-electron chi connectivity index (χ2n) is 5.64. The molecule has 0 radical (unpaired) electrons. The topological polar surface area (TPSA) is 23.6 Å². The summed E-state index contributed by atoms with van der Waals surface area (Å²) < 4.78 is 13.8. The van der Waals surface area contributed by atoms with Crippen LogP contribution >= 0.6 is 11.6 Å². The van der Waals surface area contributed by atoms with Gasteiger partial charge in [-0.05, 0) is 36.8 Å². The average molecular weight is 333 g/mol. The molecule has 0 spiro atoms. The smallest absolute Gasteiger partial charge is 0.256 e. The Kier molecular flexibility index (Phi) is 4.53. The number of anilines is 1. The second kappa shape index (κ2) is 6.59. The molecule has 0 aromatic heterocycles. The molecule has 1 aliphatic heterocycles. The van der Waals surface area contributed by atoms with Crippen LogP contribution in [0.5, 0.6) is 0 Å². The molecule has 1 fully saturated rings. The maximum Gasteiger partial charge on any atom is 0.256 e. The van der Waals surface area contributed by atoms with Gasteiger partial charge >= 0.3 is 0 Å². The molecule has 0 atom stereocenters. The van der Waals surface area contributed by atoms with Gasteiger partial charge in [-0.3, -0.25) is 4.79 Å². The van der Waals surface area contributed by atoms with Gasteiger partial charge in [-0.15, -0.1) is 0 Å². The SMILES string of the molecule is Cc1c(Cl)cccc1N1CCN(C(=O)c2ccccc2F)CC1. The molecule has 120 valence electrons. The fourth-order valence-corrected chi connectivity index (χ4v) is 3.06. The van der Waals surface area contributed by atoms with Crippen LogP contribution in [0.3, 0.4) is 0 Å². The van der Waals surface area contributed by atoms with Crippen LogP contribution < -0.4 is 4.90 Å². The van der Waals surface area contributed by atoms with Gasteiger partial charge in [0, 0.05) is 36.9 Å². The van der Waals surface area contributed by atoms with Gasteiger partial charge in [0.1, 0.15) is 5.82 Å². The number of hydrogen-bond donors (Lipinski definition) is 0. The lowest BCUT2D eigenvalue weighted by molar-refractivity contribution is 0.0742. The van der Waals surface area contributed by atoms with Gasteiger partial charge in [0.25, 0.3) is 5.91 Å². The molecule has 23 heavy (non-hydrogen) atoms. The minimum atomic E-state index is -0.467. The third-order valence-electron chi connectivity index (χ3n) is 4.25. The summed E-state index contributed by atoms with van der Waals surface area (Å²) in [6, 6.07) is 12.0. The van der Waals surface area contributed by atoms with E-state index in [-0.39, 0.29) is 11.5 Å². The van der Waals surface area contributed by atoms with Crippen LogP contribution in [0, 0.1) is 12.7 Å². The number of piperazine rings is 1. The highest BCUT2D eigenvalue weighted by atomic mass is 35.5. The van der Waals surface area contributed by atoms with Crippen LogP contribution in [-0.2, 0) is 0 Å². The maximum atomic E-state index is 13.8. The molecule has 0 unspecified atom stereocenters. The number of nitrogens with zero attached hydrogens (tertiary/aromatic N) is 2. The van der Waals surface area contributed by atoms with Gasteiger partial charge in [0.2, 0.25) is 0 Å². The van der Waals surface area contributed by atoms with Gasteiger partial charge < -0.3 is 9.80 Å². The number of benzene rings is 2. The number of amides is 1. The lowest BCUT2D eigenvalue weighted by Crippen LogP contribution is -2.49. The number of carbonyl (C=O) groups excluding carboxylic acids is 1. The second-order valence-corrected chi connectivity index (χ2v) is 6.05. The zero-order chi connectivity index (χ0) is 16.4. The van der Waals surface area contributed by atoms with E-state index in [2.05, 4.69) is 4.90 Å². The Morgan fingerprint density at radius 1 is 1.04 bits per heavy atom. The van der Waals surface area contributed by atoms with Crippen molar-refractivity contribution >= 4 is 23.2 Å². The first kappa shape index (κ1) is 15.8. The Bertz CT molecular complexity index is 727. The van der Waals surface area contributed by atoms with Gasteiger partial charge in [0.15, 0.2) is 0 Å². The van der Waals surface area contributed by atoms with Crippen molar-refractivity contribution in [3.63, 3.8) is 0 Å². The molecule has 0 aliphatic carbocycles. The molecule has 0 bridgehead atoms. The molecule has 1 heterocycles. The van der Waals surface area contributed by atoms with Crippen molar-refractivity contribution < 1.29 is 9.18 Å². The lowest BCUT2D eigenvalue weighted by Gasteiger charge is -2.37. The summed E-state index contributed by atoms with van der Waals surface area (Å²) in [6.07, 6.45) is 0. The number of carbonyl (C=O) groups is 1. The van der Waals surface area contributed by atoms with Gasteiger partial charge in [0.05, 0.1) is 5.56 Å². The molecule has 3 rings (SSSR count). The van der Waals surface area contributed by atoms with Crippen molar-refractivity contribution in [1.82, 2.24) is 4.90 Å². The van der Waals surface area contributed by atoms with Crippen molar-refractivity contribution in [2.24, 2.45) is 0 Å². The van der Waals surface area contributed by atoms with E-state index in [1.807, 2.05) is 25.1 Å². The Balaban J connectivity index is 1.70. The largest absolute Gasteiger partial charge is 0.368 e. The zero-order valence-electron chi connectivity index (χ0n) is 12.9. The van der Waals surface area contributed by atoms with E-state index in [0.717, 1.165) is 16.3 Å². The summed E-state index contributed by atoms with van der Waals surface area (Å²) in [4.78, 5) is 16.3. The van der Waals surface area contributed by atoms with Crippen LogP contribution in [0.4, 0.5) is 10.1 Å². The molecule has 0 N–H and O–H groups in total. The van der Waals surface area contributed by atoms with Gasteiger partial charge in [-0.2, -0.15) is 0 Å². The van der Waals surface area contributed by atoms with Gasteiger partial charge in [-0.1, -0.05) is 29.8 Å². The number of rotatable bonds is 2. The molecular weight excluding hydrogens is 315 g/mol. The number of hydrogen-bond acceptors (Lipinski definition) is 2. The Morgan fingerprint density at radius 3 is 2.43 bits per heavy atom. The van der Waals surface area contributed by atoms with E-state index < -0.39 is 5.82 Å². The zero-order valence-corrected chi connectivity index (χ0v) is 13.7. The van der Waals surface area contributed by atoms with E-state index in [9.17, 15) is 9.18 Å². The number of halogens is 2. The van der Waals surface area contributed by atoms with Crippen molar-refractivity contribution in [3.05, 3.63) is 64.4 Å². The molecule has 2 aromatic rings. The summed E-state index contributed by atoms with van der Waals surface area (Å²) >= 11 is 6.18. The first-order valence-corrected chi connectivity index (χ1v) is 7.99. The minimum Gasteiger partial charge on any atom is -0.368 e. The Labute approximate surface area is 140 Å². The highest BCUT2D eigenvalue weighted by Crippen LogP contribution is 2.27. The molecule has 1 saturated heterocycles. The van der Waals surface area contributed by atoms with Crippen LogP contribution in [0.2, 0.25) is 5.02 Å². The normalized spacial score (nSPS) is 14.9. The van der Waals surface area contributed by atoms with E-state index in [1.165, 1.54) is 12.1 Å². The summed E-state index contributed by atoms with van der Waals surface area (Å²) in [5, 5.41) is 0.743. The van der Waals surface area contributed by atoms with E-state index in [4.69, 9.17) is 11.6 Å². The molecule has 1 amide bonds. The molecule has 1 aliphatic rings. The third kappa shape index (κ3) is 3.17. The maximum absolute atomic E-state index is 13.8. The van der Waals surface area contributed by atoms with Crippen LogP contribution in [0.15, 0.2) is 42.5 Å². The molecular formula is C18H18ClFN2O. The fourth-order valence-electron chi connectivity index (χ4n) is 2.89. The van der Waals surface area contributed by atoms with Crippen molar-refractivity contribution in [3.8, 4) is 0 Å². The Morgan fingerprint density at radius 2 is 1.74 bits per heavy atom. The molecule has 0 saturated carbocycles. The first-order chi connectivity index (χ1) is 11.1. The average Bonchev–Trinajstić information content (AvgIpc) is 2.57. The van der Waals surface area contributed by atoms with E-state index >= 15 is 0 Å². The van der Waals surface area contributed by atoms with Crippen LogP contribution in [0.1, 0.15) is 15.9 Å². The standard InChI is InChI=1S/C18H18ClFN2O/c1-13-15(19)6-4-8-17(13)21-9-11-22(12-10-21)18(23)14-5-2-3-7-16(14)20/h2-8H,9-12H2,1H3. The quantitative estimate of drug-likeness (QED) is 0.836. The highest BCUT2D eigenvalue weighted by molar-refractivity contribution is 6.31. The predicted octanol–water partition coefficient (Wildman–Crippen LogP) is 3.75. The van der Waals surface area contributed by atoms with Crippen LogP contribution in [-0.4, -0.2) is 37.0 Å². The monoisotopic (exact) mass is 332 g/mol. The van der Waals surface area contributed by atoms with Gasteiger partial charge in [-0.25, -0.2) is 4.39 Å². The fraction of sp³-hybridized carbons (Fsp3) is 0.278. The molecule has 2 aromatic carbocycles. The lowest BCUT2D eigenvalue weighted by atomic mass is 10.1. The van der Waals surface area contributed by atoms with Crippen molar-refractivity contribution in [2.75, 3.05) is 31.1 Å². The van der Waals surface area contributed by atoms with E-state index in [1.54, 1.807) is 17.0 Å². The minimum absolute atomic E-state index is 0.139. The molecule has 3 nitrogen and oxygen atoms in total. The van der Waals surface area contributed by atoms with Crippen LogP contribution in [0.25, 0.3) is 0 Å². The summed E-state index contributed by atoms with van der Waals surface area (Å²) in [5.41, 5.74) is 2.28. The third-order valence-corrected chi connectivity index (χ3v) is 4.66.